The van der Waals surface area contributed by atoms with Gasteiger partial charge in [-0.25, -0.2) is 0 Å². The van der Waals surface area contributed by atoms with E-state index < -0.39 is 0 Å². The molecule has 4 aromatic rings. The Balaban J connectivity index is 1.55. The lowest BCUT2D eigenvalue weighted by Crippen LogP contribution is -2.23. The number of rotatable bonds is 10. The summed E-state index contributed by atoms with van der Waals surface area (Å²) >= 11 is 0. The van der Waals surface area contributed by atoms with Crippen LogP contribution in [0.4, 0.5) is 5.69 Å². The molecule has 7 heteroatoms. The van der Waals surface area contributed by atoms with Crippen LogP contribution in [-0.4, -0.2) is 28.7 Å². The largest absolute Gasteiger partial charge is 0.497 e. The van der Waals surface area contributed by atoms with Crippen molar-refractivity contribution in [2.75, 3.05) is 12.4 Å². The minimum Gasteiger partial charge on any atom is -0.497 e. The topological polar surface area (TPSA) is 85.3 Å². The van der Waals surface area contributed by atoms with E-state index in [-0.39, 0.29) is 11.8 Å². The Bertz CT molecular complexity index is 1330. The molecule has 0 aliphatic carbocycles. The number of carbonyl (C=O) groups is 2. The molecule has 2 N–H and O–H groups in total. The first-order valence-electron chi connectivity index (χ1n) is 12.0. The fourth-order valence-electron chi connectivity index (χ4n) is 3.91. The molecule has 4 rings (SSSR count). The molecule has 0 unspecified atom stereocenters. The molecule has 0 bridgehead atoms. The van der Waals surface area contributed by atoms with Crippen LogP contribution >= 0.6 is 0 Å². The van der Waals surface area contributed by atoms with Crippen LogP contribution in [-0.2, 0) is 17.9 Å². The quantitative estimate of drug-likeness (QED) is 0.322. The van der Waals surface area contributed by atoms with Crippen LogP contribution in [0.25, 0.3) is 11.3 Å². The highest BCUT2D eigenvalue weighted by atomic mass is 16.5. The Morgan fingerprint density at radius 1 is 0.944 bits per heavy atom. The summed E-state index contributed by atoms with van der Waals surface area (Å²) in [6.45, 7) is 2.83. The van der Waals surface area contributed by atoms with Gasteiger partial charge in [-0.3, -0.25) is 14.3 Å². The molecule has 0 saturated heterocycles. The standard InChI is InChI=1S/C29H30N4O3/c1-3-9-27(34)31-24-14-7-12-22(16-24)18-30-29(35)26-20-33(19-21-10-5-4-6-11-21)32-28(26)23-13-8-15-25(17-23)36-2/h4-8,10-17,20H,3,9,18-19H2,1-2H3,(H,30,35)(H,31,34). The van der Waals surface area contributed by atoms with Crippen LogP contribution in [0.5, 0.6) is 5.75 Å². The first-order chi connectivity index (χ1) is 17.6. The molecule has 3 aromatic carbocycles. The summed E-state index contributed by atoms with van der Waals surface area (Å²) in [6.07, 6.45) is 3.04. The highest BCUT2D eigenvalue weighted by molar-refractivity contribution is 6.00. The van der Waals surface area contributed by atoms with Crippen LogP contribution in [0.15, 0.2) is 85.1 Å². The van der Waals surface area contributed by atoms with Gasteiger partial charge in [-0.15, -0.1) is 0 Å². The number of benzene rings is 3. The number of hydrogen-bond acceptors (Lipinski definition) is 4. The molecule has 0 saturated carbocycles. The molecule has 0 spiro atoms. The summed E-state index contributed by atoms with van der Waals surface area (Å²) in [5.74, 6) is 0.443. The van der Waals surface area contributed by atoms with E-state index in [1.54, 1.807) is 18.0 Å². The van der Waals surface area contributed by atoms with Gasteiger partial charge in [0.1, 0.15) is 11.4 Å². The van der Waals surface area contributed by atoms with Gasteiger partial charge in [0.05, 0.1) is 19.2 Å². The summed E-state index contributed by atoms with van der Waals surface area (Å²) in [4.78, 5) is 25.2. The second-order valence-corrected chi connectivity index (χ2v) is 8.49. The average molecular weight is 483 g/mol. The van der Waals surface area contributed by atoms with E-state index in [1.165, 1.54) is 0 Å². The van der Waals surface area contributed by atoms with Crippen LogP contribution < -0.4 is 15.4 Å². The molecule has 1 heterocycles. The van der Waals surface area contributed by atoms with Crippen molar-refractivity contribution < 1.29 is 14.3 Å². The molecular weight excluding hydrogens is 452 g/mol. The lowest BCUT2D eigenvalue weighted by molar-refractivity contribution is -0.116. The maximum atomic E-state index is 13.3. The molecule has 1 aromatic heterocycles. The lowest BCUT2D eigenvalue weighted by Gasteiger charge is -2.09. The monoisotopic (exact) mass is 482 g/mol. The second-order valence-electron chi connectivity index (χ2n) is 8.49. The third-order valence-corrected chi connectivity index (χ3v) is 5.68. The number of nitrogens with zero attached hydrogens (tertiary/aromatic N) is 2. The van der Waals surface area contributed by atoms with E-state index in [9.17, 15) is 9.59 Å². The molecule has 184 valence electrons. The molecule has 0 atom stereocenters. The zero-order valence-corrected chi connectivity index (χ0v) is 20.5. The molecule has 0 aliphatic heterocycles. The number of carbonyl (C=O) groups excluding carboxylic acids is 2. The summed E-state index contributed by atoms with van der Waals surface area (Å²) in [5.41, 5.74) is 4.55. The molecule has 36 heavy (non-hydrogen) atoms. The minimum absolute atomic E-state index is 0.0209. The molecule has 0 fully saturated rings. The Morgan fingerprint density at radius 3 is 2.50 bits per heavy atom. The second kappa shape index (κ2) is 11.8. The maximum Gasteiger partial charge on any atom is 0.255 e. The predicted molar refractivity (Wildman–Crippen MR) is 141 cm³/mol. The smallest absolute Gasteiger partial charge is 0.255 e. The Kier molecular flexibility index (Phi) is 8.13. The summed E-state index contributed by atoms with van der Waals surface area (Å²) in [6, 6.07) is 25.0. The number of nitrogens with one attached hydrogen (secondary N) is 2. The third kappa shape index (κ3) is 6.39. The fraction of sp³-hybridized carbons (Fsp3) is 0.207. The van der Waals surface area contributed by atoms with E-state index in [1.807, 2.05) is 85.8 Å². The van der Waals surface area contributed by atoms with Gasteiger partial charge in [0.2, 0.25) is 5.91 Å². The molecule has 0 radical (unpaired) electrons. The first-order valence-corrected chi connectivity index (χ1v) is 12.0. The molecular formula is C29H30N4O3. The Hall–Kier alpha value is -4.39. The molecule has 7 nitrogen and oxygen atoms in total. The minimum atomic E-state index is -0.229. The van der Waals surface area contributed by atoms with Gasteiger partial charge < -0.3 is 15.4 Å². The van der Waals surface area contributed by atoms with Gasteiger partial charge in [0.25, 0.3) is 5.91 Å². The van der Waals surface area contributed by atoms with Gasteiger partial charge in [-0.1, -0.05) is 61.5 Å². The average Bonchev–Trinajstić information content (AvgIpc) is 3.32. The van der Waals surface area contributed by atoms with Crippen molar-refractivity contribution in [3.63, 3.8) is 0 Å². The zero-order valence-electron chi connectivity index (χ0n) is 20.5. The number of aromatic nitrogens is 2. The molecule has 2 amide bonds. The van der Waals surface area contributed by atoms with Crippen molar-refractivity contribution in [3.05, 3.63) is 102 Å². The van der Waals surface area contributed by atoms with Crippen molar-refractivity contribution in [2.45, 2.75) is 32.9 Å². The van der Waals surface area contributed by atoms with Crippen molar-refractivity contribution in [2.24, 2.45) is 0 Å². The third-order valence-electron chi connectivity index (χ3n) is 5.68. The van der Waals surface area contributed by atoms with E-state index >= 15 is 0 Å². The summed E-state index contributed by atoms with van der Waals surface area (Å²) < 4.78 is 7.15. The van der Waals surface area contributed by atoms with Crippen molar-refractivity contribution in [1.29, 1.82) is 0 Å². The first kappa shape index (κ1) is 24.7. The molecule has 0 aliphatic rings. The van der Waals surface area contributed by atoms with Gasteiger partial charge in [0, 0.05) is 30.4 Å². The van der Waals surface area contributed by atoms with E-state index in [2.05, 4.69) is 10.6 Å². The van der Waals surface area contributed by atoms with Crippen LogP contribution in [0.3, 0.4) is 0 Å². The van der Waals surface area contributed by atoms with Crippen LogP contribution in [0.1, 0.15) is 41.3 Å². The summed E-state index contributed by atoms with van der Waals surface area (Å²) in [5, 5.41) is 10.6. The predicted octanol–water partition coefficient (Wildman–Crippen LogP) is 5.28. The van der Waals surface area contributed by atoms with Crippen LogP contribution in [0, 0.1) is 0 Å². The lowest BCUT2D eigenvalue weighted by atomic mass is 10.1. The van der Waals surface area contributed by atoms with Crippen molar-refractivity contribution >= 4 is 17.5 Å². The summed E-state index contributed by atoms with van der Waals surface area (Å²) in [7, 11) is 1.61. The van der Waals surface area contributed by atoms with Crippen molar-refractivity contribution in [3.8, 4) is 17.0 Å². The zero-order chi connectivity index (χ0) is 25.3. The van der Waals surface area contributed by atoms with Crippen molar-refractivity contribution in [1.82, 2.24) is 15.1 Å². The maximum absolute atomic E-state index is 13.3. The SMILES string of the molecule is CCCC(=O)Nc1cccc(CNC(=O)c2cn(Cc3ccccc3)nc2-c2cccc(OC)c2)c1. The van der Waals surface area contributed by atoms with Crippen LogP contribution in [0.2, 0.25) is 0 Å². The van der Waals surface area contributed by atoms with E-state index in [4.69, 9.17) is 9.84 Å². The highest BCUT2D eigenvalue weighted by Crippen LogP contribution is 2.26. The van der Waals surface area contributed by atoms with Gasteiger partial charge in [-0.05, 0) is 41.8 Å². The van der Waals surface area contributed by atoms with Gasteiger partial charge >= 0.3 is 0 Å². The Morgan fingerprint density at radius 2 is 1.72 bits per heavy atom. The van der Waals surface area contributed by atoms with Gasteiger partial charge in [-0.2, -0.15) is 5.10 Å². The number of hydrogen-bond donors (Lipinski definition) is 2. The van der Waals surface area contributed by atoms with E-state index in [0.29, 0.717) is 42.2 Å². The normalized spacial score (nSPS) is 10.6. The highest BCUT2D eigenvalue weighted by Gasteiger charge is 2.19. The number of anilines is 1. The number of methoxy groups -OCH3 is 1. The van der Waals surface area contributed by atoms with Gasteiger partial charge in [0.15, 0.2) is 0 Å². The number of amides is 2. The van der Waals surface area contributed by atoms with E-state index in [0.717, 1.165) is 23.1 Å². The number of ether oxygens (including phenoxy) is 1. The Labute approximate surface area is 211 Å². The fourth-order valence-corrected chi connectivity index (χ4v) is 3.91.